The lowest BCUT2D eigenvalue weighted by atomic mass is 10.2. The van der Waals surface area contributed by atoms with Crippen molar-refractivity contribution in [2.75, 3.05) is 26.3 Å². The molecular weight excluding hydrogens is 300 g/mol. The molecule has 23 heavy (non-hydrogen) atoms. The Morgan fingerprint density at radius 3 is 2.61 bits per heavy atom. The van der Waals surface area contributed by atoms with Gasteiger partial charge in [-0.25, -0.2) is 4.99 Å². The van der Waals surface area contributed by atoms with Gasteiger partial charge in [0.1, 0.15) is 6.61 Å². The molecule has 0 spiro atoms. The molecule has 1 aromatic carbocycles. The minimum atomic E-state index is -0.411. The molecular formula is C13H18N8O2. The number of rotatable bonds is 6. The molecule has 0 aromatic heterocycles. The van der Waals surface area contributed by atoms with Gasteiger partial charge in [-0.05, 0) is 23.2 Å². The molecule has 1 aromatic rings. The number of aliphatic hydroxyl groups excluding tert-OH is 1. The van der Waals surface area contributed by atoms with Crippen molar-refractivity contribution in [2.24, 2.45) is 21.0 Å². The number of azide groups is 2. The summed E-state index contributed by atoms with van der Waals surface area (Å²) in [5.41, 5.74) is 22.0. The normalized spacial score (nSPS) is 16.6. The molecule has 1 aliphatic rings. The maximum atomic E-state index is 8.25. The van der Waals surface area contributed by atoms with Crippen molar-refractivity contribution < 1.29 is 9.84 Å². The van der Waals surface area contributed by atoms with E-state index >= 15 is 0 Å². The van der Waals surface area contributed by atoms with Crippen LogP contribution in [0.1, 0.15) is 5.56 Å². The van der Waals surface area contributed by atoms with Gasteiger partial charge >= 0.3 is 0 Å². The Hall–Kier alpha value is -2.77. The Morgan fingerprint density at radius 2 is 2.00 bits per heavy atom. The summed E-state index contributed by atoms with van der Waals surface area (Å²) in [6.07, 6.45) is 0. The number of nitrogens with two attached hydrogens (primary N) is 1. The van der Waals surface area contributed by atoms with Crippen LogP contribution in [0.25, 0.3) is 20.9 Å². The zero-order chi connectivity index (χ0) is 16.9. The minimum Gasteiger partial charge on any atom is -0.475 e. The first-order chi connectivity index (χ1) is 11.2. The Bertz CT molecular complexity index is 593. The molecule has 0 aliphatic carbocycles. The van der Waals surface area contributed by atoms with E-state index in [1.54, 1.807) is 0 Å². The van der Waals surface area contributed by atoms with E-state index in [1.165, 1.54) is 0 Å². The fourth-order valence-corrected chi connectivity index (χ4v) is 1.58. The zero-order valence-corrected chi connectivity index (χ0v) is 12.4. The number of ether oxygens (including phenoxy) is 1. The average Bonchev–Trinajstić information content (AvgIpc) is 3.08. The molecule has 122 valence electrons. The van der Waals surface area contributed by atoms with Crippen molar-refractivity contribution in [1.29, 1.82) is 0 Å². The monoisotopic (exact) mass is 318 g/mol. The molecule has 1 aliphatic heterocycles. The van der Waals surface area contributed by atoms with Gasteiger partial charge in [0.25, 0.3) is 0 Å². The third kappa shape index (κ3) is 7.16. The Labute approximate surface area is 132 Å². The molecule has 0 amide bonds. The highest BCUT2D eigenvalue weighted by Gasteiger charge is 2.18. The molecule has 1 heterocycles. The number of hydrogen-bond acceptors (Lipinski definition) is 6. The van der Waals surface area contributed by atoms with Crippen LogP contribution in [-0.2, 0) is 4.74 Å². The largest absolute Gasteiger partial charge is 0.475 e. The van der Waals surface area contributed by atoms with Gasteiger partial charge in [0, 0.05) is 28.0 Å². The van der Waals surface area contributed by atoms with Gasteiger partial charge in [-0.2, -0.15) is 0 Å². The number of benzene rings is 1. The fourth-order valence-electron chi connectivity index (χ4n) is 1.58. The highest BCUT2D eigenvalue weighted by molar-refractivity contribution is 5.95. The van der Waals surface area contributed by atoms with E-state index in [2.05, 4.69) is 25.0 Å². The summed E-state index contributed by atoms with van der Waals surface area (Å²) in [4.78, 5) is 9.48. The van der Waals surface area contributed by atoms with Crippen LogP contribution in [0.2, 0.25) is 0 Å². The van der Waals surface area contributed by atoms with E-state index in [9.17, 15) is 0 Å². The maximum Gasteiger partial charge on any atom is 0.216 e. The van der Waals surface area contributed by atoms with Crippen LogP contribution in [0.3, 0.4) is 0 Å². The quantitative estimate of drug-likeness (QED) is 0.464. The van der Waals surface area contributed by atoms with Crippen LogP contribution in [0.4, 0.5) is 0 Å². The second-order valence-electron chi connectivity index (χ2n) is 4.53. The lowest BCUT2D eigenvalue weighted by Gasteiger charge is -1.99. The van der Waals surface area contributed by atoms with Gasteiger partial charge in [-0.3, -0.25) is 0 Å². The minimum absolute atomic E-state index is 0.0453. The summed E-state index contributed by atoms with van der Waals surface area (Å²) < 4.78 is 5.42. The van der Waals surface area contributed by atoms with Crippen LogP contribution in [0.5, 0.6) is 0 Å². The predicted molar refractivity (Wildman–Crippen MR) is 85.8 cm³/mol. The van der Waals surface area contributed by atoms with E-state index in [1.807, 2.05) is 30.3 Å². The predicted octanol–water partition coefficient (Wildman–Crippen LogP) is 1.76. The van der Waals surface area contributed by atoms with E-state index in [-0.39, 0.29) is 19.2 Å². The van der Waals surface area contributed by atoms with Crippen molar-refractivity contribution in [3.63, 3.8) is 0 Å². The molecule has 2 atom stereocenters. The molecule has 0 fully saturated rings. The first-order valence-electron chi connectivity index (χ1n) is 6.85. The van der Waals surface area contributed by atoms with E-state index in [0.717, 1.165) is 5.56 Å². The first-order valence-corrected chi connectivity index (χ1v) is 6.85. The van der Waals surface area contributed by atoms with Gasteiger partial charge in [-0.15, -0.1) is 0 Å². The zero-order valence-electron chi connectivity index (χ0n) is 12.4. The molecule has 10 heteroatoms. The van der Waals surface area contributed by atoms with Crippen molar-refractivity contribution in [3.05, 3.63) is 56.8 Å². The SMILES string of the molecule is [N-]=[N+]=NCC(N)CO.[N-]=[N+]=NC[C@@H]1COC(c2ccccc2)=N1. The third-order valence-corrected chi connectivity index (χ3v) is 2.70. The number of aliphatic hydroxyl groups is 1. The van der Waals surface area contributed by atoms with Gasteiger partial charge < -0.3 is 15.6 Å². The molecule has 0 radical (unpaired) electrons. The highest BCUT2D eigenvalue weighted by atomic mass is 16.5. The topological polar surface area (TPSA) is 165 Å². The Morgan fingerprint density at radius 1 is 1.30 bits per heavy atom. The lowest BCUT2D eigenvalue weighted by molar-refractivity contribution is 0.268. The van der Waals surface area contributed by atoms with Crippen molar-refractivity contribution in [1.82, 2.24) is 0 Å². The summed E-state index contributed by atoms with van der Waals surface area (Å²) in [7, 11) is 0. The molecule has 1 unspecified atom stereocenters. The van der Waals surface area contributed by atoms with Crippen LogP contribution in [0, 0.1) is 0 Å². The fraction of sp³-hybridized carbons (Fsp3) is 0.462. The average molecular weight is 318 g/mol. The second kappa shape index (κ2) is 10.9. The maximum absolute atomic E-state index is 8.25. The van der Waals surface area contributed by atoms with Crippen LogP contribution in [0.15, 0.2) is 45.6 Å². The number of aliphatic imine (C=N–C) groups is 1. The number of nitrogens with zero attached hydrogens (tertiary/aromatic N) is 7. The van der Waals surface area contributed by atoms with E-state index in [4.69, 9.17) is 26.6 Å². The van der Waals surface area contributed by atoms with Gasteiger partial charge in [0.15, 0.2) is 0 Å². The van der Waals surface area contributed by atoms with Crippen molar-refractivity contribution >= 4 is 5.90 Å². The molecule has 2 rings (SSSR count). The molecule has 0 bridgehead atoms. The molecule has 10 nitrogen and oxygen atoms in total. The van der Waals surface area contributed by atoms with Crippen molar-refractivity contribution in [3.8, 4) is 0 Å². The van der Waals surface area contributed by atoms with Crippen LogP contribution >= 0.6 is 0 Å². The summed E-state index contributed by atoms with van der Waals surface area (Å²) in [6.45, 7) is 0.863. The summed E-state index contributed by atoms with van der Waals surface area (Å²) >= 11 is 0. The van der Waals surface area contributed by atoms with Gasteiger partial charge in [0.05, 0.1) is 19.2 Å². The van der Waals surface area contributed by atoms with E-state index < -0.39 is 6.04 Å². The van der Waals surface area contributed by atoms with Gasteiger partial charge in [0.2, 0.25) is 5.90 Å². The molecule has 0 saturated heterocycles. The summed E-state index contributed by atoms with van der Waals surface area (Å²) in [5.74, 6) is 0.633. The van der Waals surface area contributed by atoms with Gasteiger partial charge in [-0.1, -0.05) is 28.4 Å². The second-order valence-corrected chi connectivity index (χ2v) is 4.53. The molecule has 0 saturated carbocycles. The summed E-state index contributed by atoms with van der Waals surface area (Å²) in [6, 6.07) is 9.23. The first kappa shape index (κ1) is 18.3. The van der Waals surface area contributed by atoms with Crippen molar-refractivity contribution in [2.45, 2.75) is 12.1 Å². The lowest BCUT2D eigenvalue weighted by Crippen LogP contribution is -2.27. The van der Waals surface area contributed by atoms with Crippen LogP contribution < -0.4 is 5.73 Å². The van der Waals surface area contributed by atoms with Crippen LogP contribution in [-0.4, -0.2) is 49.4 Å². The number of hydrogen-bond donors (Lipinski definition) is 2. The standard InChI is InChI=1S/C10H10N4O.C3H8N4O/c11-14-12-6-9-7-15-10(13-9)8-4-2-1-3-5-8;4-3(2-8)1-6-7-5/h1-5,9H,6-7H2;3,8H,1-2,4H2/t9-;/m1./s1. The molecule has 3 N–H and O–H groups in total. The smallest absolute Gasteiger partial charge is 0.216 e. The summed E-state index contributed by atoms with van der Waals surface area (Å²) in [5, 5.41) is 14.9. The Balaban J connectivity index is 0.000000284. The van der Waals surface area contributed by atoms with E-state index in [0.29, 0.717) is 19.0 Å². The third-order valence-electron chi connectivity index (χ3n) is 2.70. The Kier molecular flexibility index (Phi) is 8.65. The highest BCUT2D eigenvalue weighted by Crippen LogP contribution is 2.11.